The summed E-state index contributed by atoms with van der Waals surface area (Å²) in [5.74, 6) is 0.750. The highest BCUT2D eigenvalue weighted by Crippen LogP contribution is 2.22. The summed E-state index contributed by atoms with van der Waals surface area (Å²) in [6, 6.07) is 8.45. The zero-order valence-corrected chi connectivity index (χ0v) is 10.5. The van der Waals surface area contributed by atoms with Gasteiger partial charge in [-0.25, -0.2) is 4.98 Å². The maximum Gasteiger partial charge on any atom is 0.181 e. The molecule has 1 heterocycles. The van der Waals surface area contributed by atoms with Gasteiger partial charge in [0.1, 0.15) is 0 Å². The highest BCUT2D eigenvalue weighted by atomic mass is 32.1. The number of nitrogens with one attached hydrogen (secondary N) is 2. The molecule has 92 valence electrons. The molecule has 0 bridgehead atoms. The van der Waals surface area contributed by atoms with Gasteiger partial charge in [-0.3, -0.25) is 0 Å². The summed E-state index contributed by atoms with van der Waals surface area (Å²) in [5.41, 5.74) is 1.92. The van der Waals surface area contributed by atoms with Gasteiger partial charge in [0.15, 0.2) is 17.3 Å². The molecule has 1 aliphatic carbocycles. The first kappa shape index (κ1) is 11.2. The largest absolute Gasteiger partial charge is 0.444 e. The lowest BCUT2D eigenvalue weighted by Crippen LogP contribution is -2.30. The lowest BCUT2D eigenvalue weighted by Gasteiger charge is -2.10. The smallest absolute Gasteiger partial charge is 0.181 e. The van der Waals surface area contributed by atoms with Crippen LogP contribution in [0.4, 0.5) is 5.69 Å². The Labute approximate surface area is 110 Å². The molecule has 3 rings (SSSR count). The fourth-order valence-electron chi connectivity index (χ4n) is 1.69. The third-order valence-electron chi connectivity index (χ3n) is 2.75. The van der Waals surface area contributed by atoms with E-state index in [9.17, 15) is 0 Å². The fraction of sp³-hybridized carbons (Fsp3) is 0.231. The van der Waals surface area contributed by atoms with Crippen molar-refractivity contribution in [2.24, 2.45) is 0 Å². The molecule has 4 nitrogen and oxygen atoms in total. The summed E-state index contributed by atoms with van der Waals surface area (Å²) >= 11 is 5.24. The molecule has 2 aromatic rings. The van der Waals surface area contributed by atoms with Crippen molar-refractivity contribution in [1.82, 2.24) is 10.3 Å². The Morgan fingerprint density at radius 2 is 2.28 bits per heavy atom. The Hall–Kier alpha value is -1.88. The Bertz CT molecular complexity index is 549. The number of oxazole rings is 1. The predicted molar refractivity (Wildman–Crippen MR) is 74.3 cm³/mol. The molecule has 0 atom stereocenters. The minimum Gasteiger partial charge on any atom is -0.444 e. The molecule has 1 aromatic heterocycles. The van der Waals surface area contributed by atoms with Crippen molar-refractivity contribution in [3.8, 4) is 11.3 Å². The molecule has 1 aliphatic rings. The second-order valence-electron chi connectivity index (χ2n) is 4.32. The number of hydrogen-bond acceptors (Lipinski definition) is 3. The molecule has 18 heavy (non-hydrogen) atoms. The van der Waals surface area contributed by atoms with Gasteiger partial charge in [0, 0.05) is 17.3 Å². The first-order valence-corrected chi connectivity index (χ1v) is 6.28. The molecular weight excluding hydrogens is 246 g/mol. The van der Waals surface area contributed by atoms with E-state index in [1.807, 2.05) is 24.3 Å². The van der Waals surface area contributed by atoms with Crippen molar-refractivity contribution < 1.29 is 4.42 Å². The molecule has 0 unspecified atom stereocenters. The molecule has 5 heteroatoms. The van der Waals surface area contributed by atoms with E-state index in [0.29, 0.717) is 11.2 Å². The molecule has 0 aliphatic heterocycles. The molecule has 0 radical (unpaired) electrons. The quantitative estimate of drug-likeness (QED) is 0.830. The summed E-state index contributed by atoms with van der Waals surface area (Å²) in [6.07, 6.45) is 5.54. The SMILES string of the molecule is S=C(Nc1cccc(-c2cnco2)c1)NC1CC1. The molecule has 1 fully saturated rings. The highest BCUT2D eigenvalue weighted by molar-refractivity contribution is 7.80. The molecule has 0 amide bonds. The van der Waals surface area contributed by atoms with Crippen LogP contribution in [-0.4, -0.2) is 16.1 Å². The Balaban J connectivity index is 1.72. The van der Waals surface area contributed by atoms with E-state index in [1.54, 1.807) is 6.20 Å². The number of benzene rings is 1. The first-order valence-electron chi connectivity index (χ1n) is 5.88. The van der Waals surface area contributed by atoms with E-state index >= 15 is 0 Å². The number of anilines is 1. The van der Waals surface area contributed by atoms with Crippen LogP contribution in [0.5, 0.6) is 0 Å². The minimum absolute atomic E-state index is 0.558. The van der Waals surface area contributed by atoms with E-state index < -0.39 is 0 Å². The maximum absolute atomic E-state index is 5.27. The van der Waals surface area contributed by atoms with E-state index in [2.05, 4.69) is 15.6 Å². The van der Waals surface area contributed by atoms with Gasteiger partial charge in [0.2, 0.25) is 0 Å². The number of nitrogens with zero attached hydrogens (tertiary/aromatic N) is 1. The molecule has 1 aromatic carbocycles. The van der Waals surface area contributed by atoms with E-state index in [1.165, 1.54) is 19.2 Å². The van der Waals surface area contributed by atoms with Gasteiger partial charge < -0.3 is 15.1 Å². The fourth-order valence-corrected chi connectivity index (χ4v) is 1.97. The van der Waals surface area contributed by atoms with Crippen LogP contribution >= 0.6 is 12.2 Å². The summed E-state index contributed by atoms with van der Waals surface area (Å²) in [5, 5.41) is 7.09. The second kappa shape index (κ2) is 4.78. The average molecular weight is 259 g/mol. The van der Waals surface area contributed by atoms with Crippen molar-refractivity contribution in [1.29, 1.82) is 0 Å². The van der Waals surface area contributed by atoms with E-state index in [4.69, 9.17) is 16.6 Å². The molecule has 2 N–H and O–H groups in total. The van der Waals surface area contributed by atoms with Crippen molar-refractivity contribution in [3.05, 3.63) is 36.9 Å². The average Bonchev–Trinajstić information content (AvgIpc) is 3.00. The standard InChI is InChI=1S/C13H13N3OS/c18-13(15-10-4-5-10)16-11-3-1-2-9(6-11)12-7-14-8-17-12/h1-3,6-8,10H,4-5H2,(H2,15,16,18). The Morgan fingerprint density at radius 3 is 3.00 bits per heavy atom. The van der Waals surface area contributed by atoms with Gasteiger partial charge in [-0.05, 0) is 37.2 Å². The van der Waals surface area contributed by atoms with Crippen LogP contribution in [0.1, 0.15) is 12.8 Å². The third-order valence-corrected chi connectivity index (χ3v) is 2.97. The minimum atomic E-state index is 0.558. The van der Waals surface area contributed by atoms with Crippen LogP contribution in [-0.2, 0) is 0 Å². The van der Waals surface area contributed by atoms with Crippen LogP contribution in [0, 0.1) is 0 Å². The van der Waals surface area contributed by atoms with Crippen LogP contribution in [0.3, 0.4) is 0 Å². The number of rotatable bonds is 3. The number of aromatic nitrogens is 1. The number of thiocarbonyl (C=S) groups is 1. The van der Waals surface area contributed by atoms with Gasteiger partial charge in [-0.15, -0.1) is 0 Å². The molecule has 1 saturated carbocycles. The molecular formula is C13H13N3OS. The van der Waals surface area contributed by atoms with Crippen LogP contribution in [0.25, 0.3) is 11.3 Å². The zero-order valence-electron chi connectivity index (χ0n) is 9.72. The Kier molecular flexibility index (Phi) is 2.98. The van der Waals surface area contributed by atoms with E-state index in [0.717, 1.165) is 17.0 Å². The van der Waals surface area contributed by atoms with E-state index in [-0.39, 0.29) is 0 Å². The maximum atomic E-state index is 5.27. The lowest BCUT2D eigenvalue weighted by molar-refractivity contribution is 0.572. The van der Waals surface area contributed by atoms with Gasteiger partial charge in [-0.1, -0.05) is 12.1 Å². The van der Waals surface area contributed by atoms with Crippen LogP contribution in [0.2, 0.25) is 0 Å². The highest BCUT2D eigenvalue weighted by Gasteiger charge is 2.21. The summed E-state index contributed by atoms with van der Waals surface area (Å²) in [6.45, 7) is 0. The van der Waals surface area contributed by atoms with Crippen molar-refractivity contribution >= 4 is 23.0 Å². The second-order valence-corrected chi connectivity index (χ2v) is 4.73. The summed E-state index contributed by atoms with van der Waals surface area (Å²) in [4.78, 5) is 3.91. The summed E-state index contributed by atoms with van der Waals surface area (Å²) in [7, 11) is 0. The van der Waals surface area contributed by atoms with Crippen molar-refractivity contribution in [2.75, 3.05) is 5.32 Å². The summed E-state index contributed by atoms with van der Waals surface area (Å²) < 4.78 is 5.27. The Morgan fingerprint density at radius 1 is 1.39 bits per heavy atom. The lowest BCUT2D eigenvalue weighted by atomic mass is 10.1. The predicted octanol–water partition coefficient (Wildman–Crippen LogP) is 2.79. The zero-order chi connectivity index (χ0) is 12.4. The topological polar surface area (TPSA) is 50.1 Å². The van der Waals surface area contributed by atoms with Gasteiger partial charge in [-0.2, -0.15) is 0 Å². The van der Waals surface area contributed by atoms with Gasteiger partial charge >= 0.3 is 0 Å². The van der Waals surface area contributed by atoms with Gasteiger partial charge in [0.25, 0.3) is 0 Å². The monoisotopic (exact) mass is 259 g/mol. The molecule has 0 spiro atoms. The first-order chi connectivity index (χ1) is 8.81. The van der Waals surface area contributed by atoms with Crippen LogP contribution < -0.4 is 10.6 Å². The third kappa shape index (κ3) is 2.68. The van der Waals surface area contributed by atoms with Crippen LogP contribution in [0.15, 0.2) is 41.3 Å². The van der Waals surface area contributed by atoms with Crippen molar-refractivity contribution in [2.45, 2.75) is 18.9 Å². The number of hydrogen-bond donors (Lipinski definition) is 2. The van der Waals surface area contributed by atoms with Crippen molar-refractivity contribution in [3.63, 3.8) is 0 Å². The van der Waals surface area contributed by atoms with Gasteiger partial charge in [0.05, 0.1) is 6.20 Å². The molecule has 0 saturated heterocycles. The normalized spacial score (nSPS) is 14.2.